The molecule has 4 heterocycles. The first-order valence-electron chi connectivity index (χ1n) is 19.6. The SMILES string of the molecule is C1CC1.Cc1c(-c2ccc(N3CCc4cccc(C(=O)Nc5nc6ccccc6s5)c4C3)nc2C(=O)N=S(=O)=O)cc(C#N)n1CC12CC3CC(CC(C3)C1)C2. The predicted octanol–water partition coefficient (Wildman–Crippen LogP) is 8.74. The molecule has 3 aromatic heterocycles. The maximum absolute atomic E-state index is 13.6. The summed E-state index contributed by atoms with van der Waals surface area (Å²) >= 11 is 1.41. The average molecular weight is 786 g/mol. The highest BCUT2D eigenvalue weighted by molar-refractivity contribution is 7.62. The molecular formula is C43H43N7O4S2. The van der Waals surface area contributed by atoms with E-state index in [9.17, 15) is 23.3 Å². The highest BCUT2D eigenvalue weighted by Crippen LogP contribution is 2.61. The average Bonchev–Trinajstić information content (AvgIpc) is 3.96. The first-order chi connectivity index (χ1) is 27.1. The van der Waals surface area contributed by atoms with Gasteiger partial charge in [0.1, 0.15) is 23.3 Å². The number of pyridine rings is 1. The highest BCUT2D eigenvalue weighted by Gasteiger charge is 2.51. The first-order valence-corrected chi connectivity index (χ1v) is 21.5. The Kier molecular flexibility index (Phi) is 9.58. The van der Waals surface area contributed by atoms with Crippen molar-refractivity contribution in [2.45, 2.75) is 84.2 Å². The molecule has 11 rings (SSSR count). The Morgan fingerprint density at radius 3 is 2.38 bits per heavy atom. The van der Waals surface area contributed by atoms with Crippen LogP contribution < -0.4 is 10.2 Å². The molecule has 1 N–H and O–H groups in total. The Bertz CT molecular complexity index is 2500. The molecule has 0 radical (unpaired) electrons. The van der Waals surface area contributed by atoms with Gasteiger partial charge in [0.05, 0.1) is 10.2 Å². The normalized spacial score (nSPS) is 22.8. The zero-order valence-corrected chi connectivity index (χ0v) is 33.0. The van der Waals surface area contributed by atoms with Crippen LogP contribution in [0.1, 0.15) is 101 Å². The van der Waals surface area contributed by atoms with Gasteiger partial charge in [-0.15, -0.1) is 0 Å². The van der Waals surface area contributed by atoms with Crippen LogP contribution in [0.4, 0.5) is 10.9 Å². The number of nitrogens with zero attached hydrogens (tertiary/aromatic N) is 6. The number of nitriles is 1. The molecule has 13 heteroatoms. The summed E-state index contributed by atoms with van der Waals surface area (Å²) in [5.74, 6) is 1.52. The van der Waals surface area contributed by atoms with Crippen molar-refractivity contribution < 1.29 is 18.0 Å². The molecule has 5 aliphatic carbocycles. The van der Waals surface area contributed by atoms with Crippen LogP contribution in [-0.4, -0.2) is 41.3 Å². The Labute approximate surface area is 331 Å². The van der Waals surface area contributed by atoms with Gasteiger partial charge in [0.15, 0.2) is 5.13 Å². The quantitative estimate of drug-likeness (QED) is 0.172. The van der Waals surface area contributed by atoms with Crippen LogP contribution in [0.15, 0.2) is 65.0 Å². The van der Waals surface area contributed by atoms with E-state index in [-0.39, 0.29) is 17.0 Å². The molecule has 0 atom stereocenters. The van der Waals surface area contributed by atoms with Crippen LogP contribution in [0, 0.1) is 41.4 Å². The minimum absolute atomic E-state index is 0.0982. The van der Waals surface area contributed by atoms with Gasteiger partial charge in [0.25, 0.3) is 5.91 Å². The molecule has 0 unspecified atom stereocenters. The molecule has 5 aromatic rings. The van der Waals surface area contributed by atoms with Crippen molar-refractivity contribution in [3.63, 3.8) is 0 Å². The van der Waals surface area contributed by atoms with Crippen LogP contribution in [0.25, 0.3) is 21.3 Å². The molecule has 4 bridgehead atoms. The Balaban J connectivity index is 0.00000130. The van der Waals surface area contributed by atoms with Gasteiger partial charge >= 0.3 is 16.4 Å². The van der Waals surface area contributed by atoms with Gasteiger partial charge in [0, 0.05) is 42.0 Å². The number of para-hydroxylation sites is 1. The van der Waals surface area contributed by atoms with E-state index in [1.807, 2.05) is 54.3 Å². The van der Waals surface area contributed by atoms with Crippen molar-refractivity contribution >= 4 is 54.8 Å². The van der Waals surface area contributed by atoms with E-state index in [0.29, 0.717) is 52.8 Å². The van der Waals surface area contributed by atoms with Crippen LogP contribution in [0.3, 0.4) is 0 Å². The summed E-state index contributed by atoms with van der Waals surface area (Å²) in [6.07, 6.45) is 12.7. The van der Waals surface area contributed by atoms with Crippen molar-refractivity contribution in [1.29, 1.82) is 5.26 Å². The summed E-state index contributed by atoms with van der Waals surface area (Å²) in [6.45, 7) is 3.64. The maximum Gasteiger partial charge on any atom is 0.319 e. The molecule has 56 heavy (non-hydrogen) atoms. The third-order valence-electron chi connectivity index (χ3n) is 12.4. The lowest BCUT2D eigenvalue weighted by molar-refractivity contribution is -0.0621. The zero-order valence-electron chi connectivity index (χ0n) is 31.3. The predicted molar refractivity (Wildman–Crippen MR) is 216 cm³/mol. The number of nitrogens with one attached hydrogen (secondary N) is 1. The minimum Gasteiger partial charge on any atom is -0.352 e. The summed E-state index contributed by atoms with van der Waals surface area (Å²) < 4.78 is 29.7. The third kappa shape index (κ3) is 7.16. The molecule has 2 aromatic carbocycles. The summed E-state index contributed by atoms with van der Waals surface area (Å²) in [5, 5.41) is 13.8. The topological polar surface area (TPSA) is 150 Å². The van der Waals surface area contributed by atoms with Crippen molar-refractivity contribution in [3.05, 3.63) is 94.4 Å². The standard InChI is InChI=1S/C40H37N7O4S2.C3H6/c1-23-31(16-28(20-41)47(23)22-40-17-24-13-25(18-40)15-26(14-24)19-40)29-9-10-35(43-36(29)38(49)45-53(50)51)46-12-11-27-5-4-6-30(32(27)21-46)37(48)44-39-42-33-7-2-3-8-34(33)52-39;1-2-3-1/h2-10,16,24-26H,11-15,17-19,21-22H2,1H3,(H,42,44,48);1-3H2. The van der Waals surface area contributed by atoms with Crippen molar-refractivity contribution in [2.24, 2.45) is 27.5 Å². The molecule has 2 amide bonds. The highest BCUT2D eigenvalue weighted by atomic mass is 32.2. The molecule has 11 nitrogen and oxygen atoms in total. The van der Waals surface area contributed by atoms with Crippen LogP contribution >= 0.6 is 11.3 Å². The molecule has 0 saturated heterocycles. The number of benzene rings is 2. The number of thiazole rings is 1. The van der Waals surface area contributed by atoms with Crippen molar-refractivity contribution in [2.75, 3.05) is 16.8 Å². The number of hydrogen-bond donors (Lipinski definition) is 1. The van der Waals surface area contributed by atoms with E-state index in [2.05, 4.69) is 25.3 Å². The summed E-state index contributed by atoms with van der Waals surface area (Å²) in [7, 11) is -2.98. The summed E-state index contributed by atoms with van der Waals surface area (Å²) in [6, 6.07) is 21.2. The number of anilines is 2. The molecular weight excluding hydrogens is 743 g/mol. The monoisotopic (exact) mass is 785 g/mol. The fraction of sp³-hybridized carbons (Fsp3) is 0.419. The molecule has 0 spiro atoms. The number of hydrogen-bond acceptors (Lipinski definition) is 9. The van der Waals surface area contributed by atoms with Crippen LogP contribution in [-0.2, 0) is 30.0 Å². The summed E-state index contributed by atoms with van der Waals surface area (Å²) in [5.41, 5.74) is 5.77. The lowest BCUT2D eigenvalue weighted by Crippen LogP contribution is -2.48. The van der Waals surface area contributed by atoms with Crippen LogP contribution in [0.2, 0.25) is 0 Å². The second-order valence-electron chi connectivity index (χ2n) is 16.4. The number of carbonyl (C=O) groups is 2. The van der Waals surface area contributed by atoms with Gasteiger partial charge in [-0.2, -0.15) is 13.7 Å². The van der Waals surface area contributed by atoms with E-state index in [0.717, 1.165) is 51.3 Å². The molecule has 5 saturated carbocycles. The van der Waals surface area contributed by atoms with E-state index >= 15 is 0 Å². The number of carbonyl (C=O) groups excluding carboxylic acids is 2. The minimum atomic E-state index is -2.98. The molecule has 6 aliphatic rings. The largest absolute Gasteiger partial charge is 0.352 e. The number of fused-ring (bicyclic) bond motifs is 2. The summed E-state index contributed by atoms with van der Waals surface area (Å²) in [4.78, 5) is 38.4. The van der Waals surface area contributed by atoms with Crippen molar-refractivity contribution in [3.8, 4) is 17.2 Å². The Morgan fingerprint density at radius 2 is 1.70 bits per heavy atom. The molecule has 5 fully saturated rings. The first kappa shape index (κ1) is 36.4. The van der Waals surface area contributed by atoms with Gasteiger partial charge in [-0.05, 0) is 123 Å². The maximum atomic E-state index is 13.6. The molecule has 1 aliphatic heterocycles. The van der Waals surface area contributed by atoms with Gasteiger partial charge < -0.3 is 9.47 Å². The second-order valence-corrected chi connectivity index (χ2v) is 18.1. The van der Waals surface area contributed by atoms with Crippen molar-refractivity contribution in [1.82, 2.24) is 14.5 Å². The Hall–Kier alpha value is -5.19. The number of rotatable bonds is 7. The smallest absolute Gasteiger partial charge is 0.319 e. The van der Waals surface area contributed by atoms with Crippen LogP contribution in [0.5, 0.6) is 0 Å². The second kappa shape index (κ2) is 14.7. The lowest BCUT2D eigenvalue weighted by atomic mass is 9.49. The van der Waals surface area contributed by atoms with E-state index < -0.39 is 16.4 Å². The fourth-order valence-corrected chi connectivity index (χ4v) is 11.3. The van der Waals surface area contributed by atoms with Gasteiger partial charge in [-0.25, -0.2) is 9.97 Å². The lowest BCUT2D eigenvalue weighted by Gasteiger charge is -2.57. The van der Waals surface area contributed by atoms with E-state index in [4.69, 9.17) is 4.98 Å². The van der Waals surface area contributed by atoms with E-state index in [1.54, 1.807) is 18.2 Å². The van der Waals surface area contributed by atoms with Gasteiger partial charge in [0.2, 0.25) is 0 Å². The zero-order chi connectivity index (χ0) is 38.6. The van der Waals surface area contributed by atoms with Gasteiger partial charge in [-0.1, -0.05) is 59.2 Å². The van der Waals surface area contributed by atoms with Gasteiger partial charge in [-0.3, -0.25) is 14.9 Å². The third-order valence-corrected chi connectivity index (χ3v) is 13.6. The van der Waals surface area contributed by atoms with E-state index in [1.165, 1.54) is 69.1 Å². The fourth-order valence-electron chi connectivity index (χ4n) is 10.2. The molecule has 286 valence electrons. The number of amides is 2. The Morgan fingerprint density at radius 1 is 0.964 bits per heavy atom. The number of aromatic nitrogens is 3.